The van der Waals surface area contributed by atoms with Crippen molar-refractivity contribution in [2.45, 2.75) is 18.9 Å². The Balaban J connectivity index is 1.49. The summed E-state index contributed by atoms with van der Waals surface area (Å²) in [5.74, 6) is -0.334. The SMILES string of the molecule is CN(C)S(=O)(=O)Nc1cnn(-c2cnn3ccc(N4CCC[C@H]4c4cc(F)ccc4F)nc23)c1. The number of hydrogen-bond acceptors (Lipinski definition) is 6. The first-order valence-electron chi connectivity index (χ1n) is 10.5. The van der Waals surface area contributed by atoms with Crippen molar-refractivity contribution >= 4 is 27.4 Å². The lowest BCUT2D eigenvalue weighted by atomic mass is 10.0. The first-order valence-corrected chi connectivity index (χ1v) is 12.0. The third kappa shape index (κ3) is 3.96. The molecule has 0 radical (unpaired) electrons. The lowest BCUT2D eigenvalue weighted by molar-refractivity contribution is 0.527. The molecular formula is C21H22F2N8O2S. The van der Waals surface area contributed by atoms with Crippen LogP contribution >= 0.6 is 0 Å². The van der Waals surface area contributed by atoms with Gasteiger partial charge in [0.1, 0.15) is 23.1 Å². The number of fused-ring (bicyclic) bond motifs is 1. The third-order valence-corrected chi connectivity index (χ3v) is 7.21. The van der Waals surface area contributed by atoms with E-state index in [4.69, 9.17) is 4.98 Å². The number of benzene rings is 1. The molecule has 1 aromatic carbocycles. The molecule has 1 aliphatic heterocycles. The summed E-state index contributed by atoms with van der Waals surface area (Å²) in [6.07, 6.45) is 7.70. The molecule has 0 saturated carbocycles. The molecule has 1 fully saturated rings. The van der Waals surface area contributed by atoms with E-state index in [9.17, 15) is 17.2 Å². The van der Waals surface area contributed by atoms with Crippen molar-refractivity contribution < 1.29 is 17.2 Å². The molecule has 0 amide bonds. The smallest absolute Gasteiger partial charge is 0.301 e. The molecule has 1 saturated heterocycles. The van der Waals surface area contributed by atoms with Crippen LogP contribution < -0.4 is 9.62 Å². The van der Waals surface area contributed by atoms with E-state index in [1.54, 1.807) is 23.0 Å². The fourth-order valence-corrected chi connectivity index (χ4v) is 4.64. The number of nitrogens with zero attached hydrogens (tertiary/aromatic N) is 7. The first-order chi connectivity index (χ1) is 16.2. The average Bonchev–Trinajstić information content (AvgIpc) is 3.53. The Labute approximate surface area is 194 Å². The second-order valence-electron chi connectivity index (χ2n) is 8.16. The Kier molecular flexibility index (Phi) is 5.44. The van der Waals surface area contributed by atoms with Gasteiger partial charge in [-0.2, -0.15) is 22.9 Å². The average molecular weight is 489 g/mol. The maximum absolute atomic E-state index is 14.5. The summed E-state index contributed by atoms with van der Waals surface area (Å²) in [4.78, 5) is 6.69. The first kappa shape index (κ1) is 22.2. The minimum absolute atomic E-state index is 0.283. The summed E-state index contributed by atoms with van der Waals surface area (Å²) in [6.45, 7) is 0.644. The Morgan fingerprint density at radius 2 is 1.97 bits per heavy atom. The van der Waals surface area contributed by atoms with Crippen LogP contribution in [0.3, 0.4) is 0 Å². The van der Waals surface area contributed by atoms with Gasteiger partial charge in [0.05, 0.1) is 30.3 Å². The molecule has 1 N–H and O–H groups in total. The highest BCUT2D eigenvalue weighted by molar-refractivity contribution is 7.90. The molecule has 1 atom stereocenters. The molecular weight excluding hydrogens is 466 g/mol. The molecule has 3 aromatic heterocycles. The molecule has 4 aromatic rings. The van der Waals surface area contributed by atoms with Crippen molar-refractivity contribution in [2.75, 3.05) is 30.3 Å². The lowest BCUT2D eigenvalue weighted by Crippen LogP contribution is -2.28. The molecule has 0 unspecified atom stereocenters. The highest BCUT2D eigenvalue weighted by Crippen LogP contribution is 2.37. The molecule has 1 aliphatic rings. The van der Waals surface area contributed by atoms with Crippen molar-refractivity contribution in [3.63, 3.8) is 0 Å². The Morgan fingerprint density at radius 3 is 2.76 bits per heavy atom. The third-order valence-electron chi connectivity index (χ3n) is 5.76. The van der Waals surface area contributed by atoms with Crippen molar-refractivity contribution in [2.24, 2.45) is 0 Å². The molecule has 5 rings (SSSR count). The molecule has 34 heavy (non-hydrogen) atoms. The summed E-state index contributed by atoms with van der Waals surface area (Å²) in [6, 6.07) is 4.93. The number of nitrogens with one attached hydrogen (secondary N) is 1. The minimum atomic E-state index is -3.68. The van der Waals surface area contributed by atoms with Gasteiger partial charge in [-0.1, -0.05) is 0 Å². The fraction of sp³-hybridized carbons (Fsp3) is 0.286. The Hall–Kier alpha value is -3.58. The van der Waals surface area contributed by atoms with E-state index >= 15 is 0 Å². The van der Waals surface area contributed by atoms with E-state index in [0.717, 1.165) is 22.9 Å². The molecule has 0 spiro atoms. The lowest BCUT2D eigenvalue weighted by Gasteiger charge is -2.26. The predicted octanol–water partition coefficient (Wildman–Crippen LogP) is 2.75. The normalized spacial score (nSPS) is 16.6. The molecule has 13 heteroatoms. The highest BCUT2D eigenvalue weighted by atomic mass is 32.2. The van der Waals surface area contributed by atoms with Crippen LogP contribution in [0.5, 0.6) is 0 Å². The van der Waals surface area contributed by atoms with Crippen molar-refractivity contribution in [3.8, 4) is 5.69 Å². The number of hydrogen-bond donors (Lipinski definition) is 1. The summed E-state index contributed by atoms with van der Waals surface area (Å²) in [5, 5.41) is 8.53. The largest absolute Gasteiger partial charge is 0.349 e. The molecule has 4 heterocycles. The number of anilines is 2. The van der Waals surface area contributed by atoms with E-state index in [-0.39, 0.29) is 11.7 Å². The Morgan fingerprint density at radius 1 is 1.15 bits per heavy atom. The van der Waals surface area contributed by atoms with E-state index < -0.39 is 21.8 Å². The van der Waals surface area contributed by atoms with Crippen molar-refractivity contribution in [1.82, 2.24) is 28.7 Å². The maximum atomic E-state index is 14.5. The number of rotatable bonds is 6. The van der Waals surface area contributed by atoms with Gasteiger partial charge in [0.25, 0.3) is 0 Å². The fourth-order valence-electron chi connectivity index (χ4n) is 4.05. The van der Waals surface area contributed by atoms with Crippen LogP contribution in [0.1, 0.15) is 24.4 Å². The molecule has 10 nitrogen and oxygen atoms in total. The zero-order valence-electron chi connectivity index (χ0n) is 18.4. The minimum Gasteiger partial charge on any atom is -0.349 e. The summed E-state index contributed by atoms with van der Waals surface area (Å²) in [7, 11) is -0.834. The van der Waals surface area contributed by atoms with Crippen LogP contribution in [-0.2, 0) is 10.2 Å². The van der Waals surface area contributed by atoms with Gasteiger partial charge in [-0.3, -0.25) is 4.72 Å². The van der Waals surface area contributed by atoms with Gasteiger partial charge in [-0.05, 0) is 37.1 Å². The quantitative estimate of drug-likeness (QED) is 0.448. The second-order valence-corrected chi connectivity index (χ2v) is 10.0. The van der Waals surface area contributed by atoms with Gasteiger partial charge >= 0.3 is 10.2 Å². The predicted molar refractivity (Wildman–Crippen MR) is 122 cm³/mol. The van der Waals surface area contributed by atoms with Gasteiger partial charge < -0.3 is 4.90 Å². The van der Waals surface area contributed by atoms with Crippen LogP contribution in [0.15, 0.2) is 49.1 Å². The van der Waals surface area contributed by atoms with Crippen molar-refractivity contribution in [1.29, 1.82) is 0 Å². The molecule has 178 valence electrons. The van der Waals surface area contributed by atoms with E-state index in [2.05, 4.69) is 14.9 Å². The maximum Gasteiger partial charge on any atom is 0.301 e. The van der Waals surface area contributed by atoms with Crippen molar-refractivity contribution in [3.05, 3.63) is 66.3 Å². The van der Waals surface area contributed by atoms with Gasteiger partial charge in [0, 0.05) is 32.4 Å². The number of aromatic nitrogens is 5. The van der Waals surface area contributed by atoms with Gasteiger partial charge in [-0.15, -0.1) is 0 Å². The van der Waals surface area contributed by atoms with E-state index in [0.29, 0.717) is 35.7 Å². The summed E-state index contributed by atoms with van der Waals surface area (Å²) < 4.78 is 59.0. The van der Waals surface area contributed by atoms with E-state index in [1.165, 1.54) is 37.2 Å². The topological polar surface area (TPSA) is 101 Å². The number of halogens is 2. The zero-order chi connectivity index (χ0) is 24.0. The van der Waals surface area contributed by atoms with Gasteiger partial charge in [0.2, 0.25) is 0 Å². The zero-order valence-corrected chi connectivity index (χ0v) is 19.2. The molecule has 0 bridgehead atoms. The second kappa shape index (κ2) is 8.33. The standard InChI is InChI=1S/C21H22F2N8O2S/c1-28(2)34(32,33)27-15-11-24-31(13-15)19-12-25-30-9-7-20(26-21(19)30)29-8-3-4-18(29)16-10-14(22)5-6-17(16)23/h5-7,9-13,18,27H,3-4,8H2,1-2H3/t18-/m0/s1. The van der Waals surface area contributed by atoms with Crippen LogP contribution in [-0.4, -0.2) is 57.7 Å². The van der Waals surface area contributed by atoms with E-state index in [1.807, 2.05) is 4.90 Å². The monoisotopic (exact) mass is 488 g/mol. The van der Waals surface area contributed by atoms with Gasteiger partial charge in [-0.25, -0.2) is 23.0 Å². The van der Waals surface area contributed by atoms with Gasteiger partial charge in [0.15, 0.2) is 5.65 Å². The highest BCUT2D eigenvalue weighted by Gasteiger charge is 2.30. The summed E-state index contributed by atoms with van der Waals surface area (Å²) >= 11 is 0. The Bertz CT molecular complexity index is 1470. The van der Waals surface area contributed by atoms with Crippen LogP contribution in [0.4, 0.5) is 20.3 Å². The van der Waals surface area contributed by atoms with Crippen LogP contribution in [0.25, 0.3) is 11.3 Å². The molecule has 0 aliphatic carbocycles. The summed E-state index contributed by atoms with van der Waals surface area (Å²) in [5.41, 5.74) is 1.60. The van der Waals surface area contributed by atoms with Crippen LogP contribution in [0, 0.1) is 11.6 Å². The van der Waals surface area contributed by atoms with Crippen LogP contribution in [0.2, 0.25) is 0 Å².